The second kappa shape index (κ2) is 5.23. The van der Waals surface area contributed by atoms with Crippen LogP contribution in [0.2, 0.25) is 0 Å². The molecular weight excluding hydrogens is 282 g/mol. The molecule has 1 unspecified atom stereocenters. The first-order valence-electron chi connectivity index (χ1n) is 5.97. The van der Waals surface area contributed by atoms with Gasteiger partial charge in [-0.2, -0.15) is 0 Å². The van der Waals surface area contributed by atoms with Crippen molar-refractivity contribution >= 4 is 21.8 Å². The van der Waals surface area contributed by atoms with Gasteiger partial charge in [-0.1, -0.05) is 0 Å². The van der Waals surface area contributed by atoms with E-state index in [4.69, 9.17) is 0 Å². The quantitative estimate of drug-likeness (QED) is 0.921. The number of nitrogens with one attached hydrogen (secondary N) is 1. The fourth-order valence-corrected chi connectivity index (χ4v) is 2.88. The normalized spacial score (nSPS) is 19.6. The van der Waals surface area contributed by atoms with E-state index in [9.17, 15) is 4.79 Å². The van der Waals surface area contributed by atoms with E-state index in [2.05, 4.69) is 21.2 Å². The summed E-state index contributed by atoms with van der Waals surface area (Å²) in [6.07, 6.45) is 2.96. The first kappa shape index (κ1) is 12.6. The van der Waals surface area contributed by atoms with Gasteiger partial charge in [0.2, 0.25) is 0 Å². The average molecular weight is 300 g/mol. The molecule has 0 saturated carbocycles. The molecule has 2 rings (SSSR count). The van der Waals surface area contributed by atoms with E-state index < -0.39 is 0 Å². The number of hydrogen-bond acceptors (Lipinski definition) is 2. The van der Waals surface area contributed by atoms with Crippen LogP contribution in [-0.2, 0) is 7.05 Å². The third kappa shape index (κ3) is 2.55. The van der Waals surface area contributed by atoms with E-state index in [1.165, 1.54) is 0 Å². The smallest absolute Gasteiger partial charge is 0.270 e. The number of aromatic nitrogens is 1. The molecule has 4 nitrogen and oxygen atoms in total. The third-order valence-corrected chi connectivity index (χ3v) is 3.70. The highest BCUT2D eigenvalue weighted by molar-refractivity contribution is 9.10. The molecule has 0 radical (unpaired) electrons. The van der Waals surface area contributed by atoms with Crippen molar-refractivity contribution in [1.29, 1.82) is 0 Å². The number of hydrogen-bond donors (Lipinski definition) is 1. The number of aryl methyl sites for hydroxylation is 1. The summed E-state index contributed by atoms with van der Waals surface area (Å²) in [5.41, 5.74) is 0.741. The maximum atomic E-state index is 12.5. The molecule has 17 heavy (non-hydrogen) atoms. The van der Waals surface area contributed by atoms with E-state index in [-0.39, 0.29) is 5.91 Å². The standard InChI is InChI=1S/C12H18BrN3O/c1-3-16(10-4-5-14-7-10)12(17)11-6-9(13)8-15(11)2/h6,8,10,14H,3-5,7H2,1-2H3. The zero-order chi connectivity index (χ0) is 12.4. The number of amides is 1. The Bertz CT molecular complexity index is 410. The molecule has 1 N–H and O–H groups in total. The number of carbonyl (C=O) groups is 1. The predicted molar refractivity (Wildman–Crippen MR) is 71.1 cm³/mol. The molecule has 1 amide bonds. The van der Waals surface area contributed by atoms with Crippen LogP contribution < -0.4 is 5.32 Å². The molecule has 0 aliphatic carbocycles. The lowest BCUT2D eigenvalue weighted by Gasteiger charge is -2.27. The molecule has 1 aliphatic heterocycles. The SMILES string of the molecule is CCN(C(=O)c1cc(Br)cn1C)C1CCNC1. The van der Waals surface area contributed by atoms with Gasteiger partial charge in [0.05, 0.1) is 0 Å². The highest BCUT2D eigenvalue weighted by Crippen LogP contribution is 2.18. The number of nitrogens with zero attached hydrogens (tertiary/aromatic N) is 2. The van der Waals surface area contributed by atoms with Crippen molar-refractivity contribution in [3.05, 3.63) is 22.4 Å². The Morgan fingerprint density at radius 2 is 2.47 bits per heavy atom. The van der Waals surface area contributed by atoms with Gasteiger partial charge < -0.3 is 14.8 Å². The highest BCUT2D eigenvalue weighted by Gasteiger charge is 2.27. The summed E-state index contributed by atoms with van der Waals surface area (Å²) >= 11 is 3.40. The highest BCUT2D eigenvalue weighted by atomic mass is 79.9. The monoisotopic (exact) mass is 299 g/mol. The predicted octanol–water partition coefficient (Wildman–Crippen LogP) is 1.61. The second-order valence-corrected chi connectivity index (χ2v) is 5.31. The van der Waals surface area contributed by atoms with E-state index in [1.807, 2.05) is 35.7 Å². The molecule has 1 fully saturated rings. The summed E-state index contributed by atoms with van der Waals surface area (Å²) in [6.45, 7) is 4.71. The van der Waals surface area contributed by atoms with E-state index >= 15 is 0 Å². The van der Waals surface area contributed by atoms with Crippen LogP contribution in [0.25, 0.3) is 0 Å². The zero-order valence-electron chi connectivity index (χ0n) is 10.2. The Kier molecular flexibility index (Phi) is 3.89. The molecule has 0 bridgehead atoms. The lowest BCUT2D eigenvalue weighted by molar-refractivity contribution is 0.0694. The Hall–Kier alpha value is -0.810. The maximum absolute atomic E-state index is 12.5. The molecule has 1 atom stereocenters. The molecule has 0 spiro atoms. The molecule has 1 aromatic rings. The molecule has 94 valence electrons. The third-order valence-electron chi connectivity index (χ3n) is 3.27. The minimum Gasteiger partial charge on any atom is -0.345 e. The van der Waals surface area contributed by atoms with Gasteiger partial charge in [0.1, 0.15) is 5.69 Å². The summed E-state index contributed by atoms with van der Waals surface area (Å²) in [5, 5.41) is 3.30. The summed E-state index contributed by atoms with van der Waals surface area (Å²) in [4.78, 5) is 14.4. The van der Waals surface area contributed by atoms with Gasteiger partial charge in [0, 0.05) is 36.8 Å². The summed E-state index contributed by atoms with van der Waals surface area (Å²) in [7, 11) is 1.90. The minimum atomic E-state index is 0.120. The summed E-state index contributed by atoms with van der Waals surface area (Å²) < 4.78 is 2.82. The molecule has 5 heteroatoms. The minimum absolute atomic E-state index is 0.120. The molecule has 2 heterocycles. The van der Waals surface area contributed by atoms with Crippen LogP contribution in [0.1, 0.15) is 23.8 Å². The fraction of sp³-hybridized carbons (Fsp3) is 0.583. The largest absolute Gasteiger partial charge is 0.345 e. The topological polar surface area (TPSA) is 37.3 Å². The molecule has 0 aromatic carbocycles. The van der Waals surface area contributed by atoms with Crippen LogP contribution >= 0.6 is 15.9 Å². The maximum Gasteiger partial charge on any atom is 0.270 e. The van der Waals surface area contributed by atoms with Gasteiger partial charge >= 0.3 is 0 Å². The van der Waals surface area contributed by atoms with Crippen molar-refractivity contribution in [1.82, 2.24) is 14.8 Å². The van der Waals surface area contributed by atoms with Crippen molar-refractivity contribution in [3.8, 4) is 0 Å². The average Bonchev–Trinajstić information content (AvgIpc) is 2.89. The molecule has 1 saturated heterocycles. The Morgan fingerprint density at radius 3 is 2.94 bits per heavy atom. The van der Waals surface area contributed by atoms with E-state index in [1.54, 1.807) is 0 Å². The second-order valence-electron chi connectivity index (χ2n) is 4.39. The van der Waals surface area contributed by atoms with Crippen molar-refractivity contribution in [2.75, 3.05) is 19.6 Å². The van der Waals surface area contributed by atoms with Crippen LogP contribution in [0, 0.1) is 0 Å². The lowest BCUT2D eigenvalue weighted by Crippen LogP contribution is -2.42. The Balaban J connectivity index is 2.19. The van der Waals surface area contributed by atoms with Gasteiger partial charge in [0.15, 0.2) is 0 Å². The molecule has 1 aliphatic rings. The van der Waals surface area contributed by atoms with E-state index in [0.29, 0.717) is 6.04 Å². The fourth-order valence-electron chi connectivity index (χ4n) is 2.36. The number of carbonyl (C=O) groups excluding carboxylic acids is 1. The van der Waals surface area contributed by atoms with Gasteiger partial charge in [-0.25, -0.2) is 0 Å². The summed E-state index contributed by atoms with van der Waals surface area (Å²) in [5.74, 6) is 0.120. The molecular formula is C12H18BrN3O. The van der Waals surface area contributed by atoms with Crippen molar-refractivity contribution in [3.63, 3.8) is 0 Å². The molecule has 1 aromatic heterocycles. The Labute approximate surface area is 110 Å². The van der Waals surface area contributed by atoms with Crippen LogP contribution in [0.4, 0.5) is 0 Å². The number of rotatable bonds is 3. The van der Waals surface area contributed by atoms with Gasteiger partial charge in [0.25, 0.3) is 5.91 Å². The lowest BCUT2D eigenvalue weighted by atomic mass is 10.2. The van der Waals surface area contributed by atoms with Gasteiger partial charge in [-0.15, -0.1) is 0 Å². The van der Waals surface area contributed by atoms with Gasteiger partial charge in [-0.05, 0) is 41.9 Å². The van der Waals surface area contributed by atoms with Crippen molar-refractivity contribution in [2.45, 2.75) is 19.4 Å². The van der Waals surface area contributed by atoms with Crippen molar-refractivity contribution < 1.29 is 4.79 Å². The van der Waals surface area contributed by atoms with Crippen LogP contribution in [0.5, 0.6) is 0 Å². The van der Waals surface area contributed by atoms with Gasteiger partial charge in [-0.3, -0.25) is 4.79 Å². The first-order chi connectivity index (χ1) is 8.13. The van der Waals surface area contributed by atoms with Crippen LogP contribution in [-0.4, -0.2) is 41.1 Å². The van der Waals surface area contributed by atoms with Crippen molar-refractivity contribution in [2.24, 2.45) is 7.05 Å². The number of halogens is 1. The first-order valence-corrected chi connectivity index (χ1v) is 6.76. The summed E-state index contributed by atoms with van der Waals surface area (Å²) in [6, 6.07) is 2.22. The number of likely N-dealkylation sites (N-methyl/N-ethyl adjacent to an activating group) is 1. The Morgan fingerprint density at radius 1 is 1.71 bits per heavy atom. The van der Waals surface area contributed by atoms with E-state index in [0.717, 1.165) is 36.2 Å². The van der Waals surface area contributed by atoms with Crippen LogP contribution in [0.3, 0.4) is 0 Å². The van der Waals surface area contributed by atoms with Crippen LogP contribution in [0.15, 0.2) is 16.7 Å². The zero-order valence-corrected chi connectivity index (χ0v) is 11.8.